The number of ketones is 1. The van der Waals surface area contributed by atoms with Crippen LogP contribution in [-0.4, -0.2) is 16.9 Å². The summed E-state index contributed by atoms with van der Waals surface area (Å²) in [6, 6.07) is 10.2. The molecule has 0 aromatic heterocycles. The second-order valence-corrected chi connectivity index (χ2v) is 9.99. The molecule has 0 aliphatic heterocycles. The maximum Gasteiger partial charge on any atom is 0.311 e. The van der Waals surface area contributed by atoms with E-state index in [1.165, 1.54) is 5.57 Å². The van der Waals surface area contributed by atoms with E-state index >= 15 is 0 Å². The molecule has 1 saturated carbocycles. The Kier molecular flexibility index (Phi) is 7.51. The number of carboxylic acid groups (broad SMARTS) is 1. The predicted octanol–water partition coefficient (Wildman–Crippen LogP) is 7.35. The summed E-state index contributed by atoms with van der Waals surface area (Å²) < 4.78 is 0. The summed E-state index contributed by atoms with van der Waals surface area (Å²) in [5.74, 6) is -1.00. The normalized spacial score (nSPS) is 34.4. The van der Waals surface area contributed by atoms with Gasteiger partial charge >= 0.3 is 5.97 Å². The van der Waals surface area contributed by atoms with Crippen LogP contribution in [0.3, 0.4) is 0 Å². The molecular weight excluding hydrogens is 408 g/mol. The zero-order valence-electron chi connectivity index (χ0n) is 21.1. The summed E-state index contributed by atoms with van der Waals surface area (Å²) in [6.45, 7) is 12.4. The molecular formula is C30H40O3. The highest BCUT2D eigenvalue weighted by Crippen LogP contribution is 2.65. The minimum atomic E-state index is -1.01. The van der Waals surface area contributed by atoms with Crippen LogP contribution in [-0.2, 0) is 9.59 Å². The maximum atomic E-state index is 13.3. The van der Waals surface area contributed by atoms with Crippen molar-refractivity contribution in [2.45, 2.75) is 67.2 Å². The Balaban J connectivity index is 2.24. The van der Waals surface area contributed by atoms with Crippen molar-refractivity contribution in [2.24, 2.45) is 34.5 Å². The molecule has 1 aromatic rings. The third-order valence-electron chi connectivity index (χ3n) is 8.69. The molecule has 3 heteroatoms. The number of rotatable bonds is 8. The van der Waals surface area contributed by atoms with Crippen molar-refractivity contribution >= 4 is 17.8 Å². The molecule has 33 heavy (non-hydrogen) atoms. The van der Waals surface area contributed by atoms with Gasteiger partial charge in [0, 0.05) is 17.3 Å². The van der Waals surface area contributed by atoms with Crippen molar-refractivity contribution in [3.05, 3.63) is 65.3 Å². The molecule has 0 spiro atoms. The van der Waals surface area contributed by atoms with Crippen LogP contribution in [0.4, 0.5) is 0 Å². The molecule has 6 atom stereocenters. The van der Waals surface area contributed by atoms with Crippen LogP contribution in [0.1, 0.15) is 72.8 Å². The Morgan fingerprint density at radius 1 is 1.09 bits per heavy atom. The zero-order chi connectivity index (χ0) is 24.4. The average molecular weight is 449 g/mol. The second kappa shape index (κ2) is 9.83. The Bertz CT molecular complexity index is 970. The SMILES string of the molecule is CCC(/C=C/c1ccccc1)=C\[C@@]1(CC)C=C(C)[C@@H]2[C@H]([C@H](CC)C(=O)[C@H]2C)[C@@]1(CC)C(=O)O. The Morgan fingerprint density at radius 2 is 1.76 bits per heavy atom. The number of carboxylic acids is 1. The summed E-state index contributed by atoms with van der Waals surface area (Å²) in [4.78, 5) is 26.5. The predicted molar refractivity (Wildman–Crippen MR) is 136 cm³/mol. The fourth-order valence-electron chi connectivity index (χ4n) is 7.09. The first-order chi connectivity index (χ1) is 15.7. The summed E-state index contributed by atoms with van der Waals surface area (Å²) >= 11 is 0. The van der Waals surface area contributed by atoms with E-state index in [1.807, 2.05) is 39.0 Å². The quantitative estimate of drug-likeness (QED) is 0.334. The molecule has 0 amide bonds. The van der Waals surface area contributed by atoms with Crippen LogP contribution < -0.4 is 0 Å². The number of Topliss-reactive ketones (excluding diaryl/α,β-unsaturated/α-hetero) is 1. The van der Waals surface area contributed by atoms with Crippen LogP contribution in [0.25, 0.3) is 6.08 Å². The van der Waals surface area contributed by atoms with Crippen molar-refractivity contribution in [3.63, 3.8) is 0 Å². The minimum Gasteiger partial charge on any atom is -0.481 e. The van der Waals surface area contributed by atoms with Gasteiger partial charge in [0.2, 0.25) is 0 Å². The van der Waals surface area contributed by atoms with Crippen LogP contribution >= 0.6 is 0 Å². The van der Waals surface area contributed by atoms with Gasteiger partial charge in [-0.25, -0.2) is 0 Å². The largest absolute Gasteiger partial charge is 0.481 e. The highest BCUT2D eigenvalue weighted by Gasteiger charge is 2.67. The van der Waals surface area contributed by atoms with E-state index in [2.05, 4.69) is 57.2 Å². The molecule has 2 aliphatic rings. The monoisotopic (exact) mass is 448 g/mol. The minimum absolute atomic E-state index is 0.0107. The molecule has 0 heterocycles. The van der Waals surface area contributed by atoms with E-state index in [4.69, 9.17) is 0 Å². The second-order valence-electron chi connectivity index (χ2n) is 9.99. The number of aliphatic carboxylic acids is 1. The Labute approximate surface area is 199 Å². The fraction of sp³-hybridized carbons (Fsp3) is 0.533. The number of hydrogen-bond donors (Lipinski definition) is 1. The molecule has 2 aliphatic carbocycles. The number of hydrogen-bond acceptors (Lipinski definition) is 2. The van der Waals surface area contributed by atoms with Crippen molar-refractivity contribution < 1.29 is 14.7 Å². The molecule has 0 bridgehead atoms. The lowest BCUT2D eigenvalue weighted by molar-refractivity contribution is -0.165. The number of carbonyl (C=O) groups excluding carboxylic acids is 1. The van der Waals surface area contributed by atoms with Gasteiger partial charge in [0.1, 0.15) is 5.78 Å². The third-order valence-corrected chi connectivity index (χ3v) is 8.69. The summed E-state index contributed by atoms with van der Waals surface area (Å²) in [6.07, 6.45) is 11.4. The van der Waals surface area contributed by atoms with Gasteiger partial charge in [0.05, 0.1) is 5.41 Å². The van der Waals surface area contributed by atoms with Crippen LogP contribution in [0.2, 0.25) is 0 Å². The maximum absolute atomic E-state index is 13.3. The summed E-state index contributed by atoms with van der Waals surface area (Å²) in [7, 11) is 0. The molecule has 0 radical (unpaired) electrons. The number of fused-ring (bicyclic) bond motifs is 1. The molecule has 1 fully saturated rings. The highest BCUT2D eigenvalue weighted by atomic mass is 16.4. The lowest BCUT2D eigenvalue weighted by atomic mass is 9.46. The standard InChI is InChI=1S/C30H40O3/c1-7-22(16-17-23-14-12-11-13-15-23)19-29(9-3)18-20(5)25-21(6)27(31)24(8-2)26(25)30(29,10-4)28(32)33/h11-19,21,24-26H,7-10H2,1-6H3,(H,32,33)/b17-16+,22-19+/t21-,24-,25-,26-,29+,30-/m0/s1. The van der Waals surface area contributed by atoms with Gasteiger partial charge in [-0.2, -0.15) is 0 Å². The van der Waals surface area contributed by atoms with Crippen molar-refractivity contribution in [3.8, 4) is 0 Å². The van der Waals surface area contributed by atoms with Gasteiger partial charge in [0.25, 0.3) is 0 Å². The fourth-order valence-corrected chi connectivity index (χ4v) is 7.09. The first-order valence-electron chi connectivity index (χ1n) is 12.6. The first-order valence-corrected chi connectivity index (χ1v) is 12.6. The van der Waals surface area contributed by atoms with Crippen molar-refractivity contribution in [1.82, 2.24) is 0 Å². The van der Waals surface area contributed by atoms with Gasteiger partial charge < -0.3 is 5.11 Å². The highest BCUT2D eigenvalue weighted by molar-refractivity contribution is 5.90. The molecule has 0 unspecified atom stereocenters. The van der Waals surface area contributed by atoms with Crippen molar-refractivity contribution in [1.29, 1.82) is 0 Å². The topological polar surface area (TPSA) is 54.4 Å². The van der Waals surface area contributed by atoms with Crippen molar-refractivity contribution in [2.75, 3.05) is 0 Å². The molecule has 178 valence electrons. The summed E-state index contributed by atoms with van der Waals surface area (Å²) in [5.41, 5.74) is 1.80. The summed E-state index contributed by atoms with van der Waals surface area (Å²) in [5, 5.41) is 10.9. The van der Waals surface area contributed by atoms with E-state index in [0.29, 0.717) is 19.3 Å². The van der Waals surface area contributed by atoms with E-state index in [9.17, 15) is 14.7 Å². The Hall–Kier alpha value is -2.42. The van der Waals surface area contributed by atoms with Gasteiger partial charge in [-0.3, -0.25) is 9.59 Å². The van der Waals surface area contributed by atoms with E-state index in [1.54, 1.807) is 0 Å². The molecule has 3 nitrogen and oxygen atoms in total. The first kappa shape index (κ1) is 25.2. The van der Waals surface area contributed by atoms with Gasteiger partial charge in [-0.1, -0.05) is 100 Å². The lowest BCUT2D eigenvalue weighted by Gasteiger charge is -2.55. The Morgan fingerprint density at radius 3 is 2.27 bits per heavy atom. The van der Waals surface area contributed by atoms with Crippen LogP contribution in [0, 0.1) is 34.5 Å². The van der Waals surface area contributed by atoms with Crippen LogP contribution in [0.5, 0.6) is 0 Å². The number of benzene rings is 1. The van der Waals surface area contributed by atoms with Gasteiger partial charge in [0.15, 0.2) is 0 Å². The van der Waals surface area contributed by atoms with Gasteiger partial charge in [-0.15, -0.1) is 0 Å². The van der Waals surface area contributed by atoms with E-state index in [0.717, 1.165) is 17.6 Å². The third kappa shape index (κ3) is 3.94. The molecule has 0 saturated heterocycles. The molecule has 1 N–H and O–H groups in total. The molecule has 3 rings (SSSR count). The van der Waals surface area contributed by atoms with E-state index < -0.39 is 16.8 Å². The average Bonchev–Trinajstić information content (AvgIpc) is 3.07. The van der Waals surface area contributed by atoms with E-state index in [-0.39, 0.29) is 29.5 Å². The van der Waals surface area contributed by atoms with Gasteiger partial charge in [-0.05, 0) is 50.0 Å². The zero-order valence-corrected chi connectivity index (χ0v) is 21.1. The smallest absolute Gasteiger partial charge is 0.311 e. The van der Waals surface area contributed by atoms with Crippen LogP contribution in [0.15, 0.2) is 59.7 Å². The lowest BCUT2D eigenvalue weighted by Crippen LogP contribution is -2.56. The number of allylic oxidation sites excluding steroid dienone is 5. The molecule has 1 aromatic carbocycles. The number of carbonyl (C=O) groups is 2.